The Morgan fingerprint density at radius 1 is 0.611 bits per heavy atom. The third-order valence-corrected chi connectivity index (χ3v) is 1.39. The summed E-state index contributed by atoms with van der Waals surface area (Å²) in [6, 6.07) is 0. The fraction of sp³-hybridized carbons (Fsp3) is 0.273. The van der Waals surface area contributed by atoms with Crippen molar-refractivity contribution in [2.75, 3.05) is 7.11 Å². The average Bonchev–Trinajstić information content (AvgIpc) is 2.62. The summed E-state index contributed by atoms with van der Waals surface area (Å²) in [6.07, 6.45) is 7.17. The molecule has 0 aliphatic heterocycles. The van der Waals surface area contributed by atoms with Gasteiger partial charge in [-0.1, -0.05) is 0 Å². The van der Waals surface area contributed by atoms with E-state index < -0.39 is 29.0 Å². The van der Waals surface area contributed by atoms with E-state index in [1.54, 1.807) is 7.11 Å². The van der Waals surface area contributed by atoms with Gasteiger partial charge >= 0.3 is 46.1 Å². The SMILES string of the molecule is COC1=CC=C(C)C[CH+]1.F[B-](F)(F)F.F[B-](F)(F)F.F[B-](F)(F)F.F[B-](F)(F)F.[C]=O.[C]=O.[C]=O.[Fe+3]. The fourth-order valence-corrected chi connectivity index (χ4v) is 0.773. The Labute approximate surface area is 205 Å². The molecule has 25 heteroatoms. The van der Waals surface area contributed by atoms with Crippen LogP contribution in [0, 0.1) is 6.42 Å². The maximum absolute atomic E-state index is 9.75. The molecule has 0 aromatic heterocycles. The maximum atomic E-state index is 9.75. The molecule has 0 aromatic carbocycles. The number of hydrogen-bond donors (Lipinski definition) is 0. The number of allylic oxidation sites excluding steroid dienone is 4. The van der Waals surface area contributed by atoms with Crippen molar-refractivity contribution in [3.8, 4) is 0 Å². The normalized spacial score (nSPS) is 11.4. The topological polar surface area (TPSA) is 60.4 Å². The molecule has 0 N–H and O–H groups in total. The van der Waals surface area contributed by atoms with Gasteiger partial charge in [0, 0.05) is 6.08 Å². The Balaban J connectivity index is -0.0000000438. The summed E-state index contributed by atoms with van der Waals surface area (Å²) >= 11 is 0. The van der Waals surface area contributed by atoms with Gasteiger partial charge in [0.05, 0.1) is 20.0 Å². The van der Waals surface area contributed by atoms with Crippen LogP contribution in [0.25, 0.3) is 0 Å². The Bertz CT molecular complexity index is 449. The van der Waals surface area contributed by atoms with E-state index in [2.05, 4.69) is 39.8 Å². The maximum Gasteiger partial charge on any atom is 3.00 e. The molecule has 0 heterocycles. The van der Waals surface area contributed by atoms with Gasteiger partial charge in [0.25, 0.3) is 26.1 Å². The van der Waals surface area contributed by atoms with Crippen LogP contribution in [0.5, 0.6) is 0 Å². The molecule has 0 saturated carbocycles. The molecule has 211 valence electrons. The minimum Gasteiger partial charge on any atom is -0.465 e. The third kappa shape index (κ3) is 313. The quantitative estimate of drug-likeness (QED) is 0.205. The molecule has 0 spiro atoms. The van der Waals surface area contributed by atoms with Crippen molar-refractivity contribution in [3.63, 3.8) is 0 Å². The fourth-order valence-electron chi connectivity index (χ4n) is 0.773. The number of methoxy groups -OCH3 is 1. The van der Waals surface area contributed by atoms with Crippen LogP contribution in [-0.2, 0) is 36.2 Å². The summed E-state index contributed by atoms with van der Waals surface area (Å²) in [5.74, 6) is 0.973. The predicted octanol–water partition coefficient (Wildman–Crippen LogP) is 6.08. The number of hydrogen-bond acceptors (Lipinski definition) is 4. The molecular formula is C11H11B4F16FeO4. The Morgan fingerprint density at radius 3 is 0.917 bits per heavy atom. The Kier molecular flexibility index (Phi) is 46.8. The summed E-state index contributed by atoms with van der Waals surface area (Å²) in [5, 5.41) is 0. The van der Waals surface area contributed by atoms with Crippen LogP contribution in [-0.4, -0.2) is 56.5 Å². The van der Waals surface area contributed by atoms with Crippen LogP contribution >= 0.6 is 0 Å². The molecule has 1 aliphatic carbocycles. The molecule has 0 unspecified atom stereocenters. The number of ether oxygens (including phenoxy) is 1. The standard InChI is InChI=1S/C8H11O.3CO.4BF4.Fe/c1-7-3-5-8(9-2)6-4-7;3*1-2;4*2-1(3,4)5;/h3,5-6H,4H2,1-2H3;;;;;;;;/q+1;;;;4*-1;+3. The molecule has 36 heavy (non-hydrogen) atoms. The Hall–Kier alpha value is -2.18. The first kappa shape index (κ1) is 54.6. The molecule has 0 bridgehead atoms. The molecule has 0 fully saturated rings. The van der Waals surface area contributed by atoms with Gasteiger partial charge in [-0.2, -0.15) is 0 Å². The van der Waals surface area contributed by atoms with E-state index in [1.807, 2.05) is 6.08 Å². The van der Waals surface area contributed by atoms with Crippen LogP contribution in [0.2, 0.25) is 0 Å². The van der Waals surface area contributed by atoms with Crippen LogP contribution in [0.4, 0.5) is 69.1 Å². The van der Waals surface area contributed by atoms with Crippen LogP contribution in [0.1, 0.15) is 13.3 Å². The predicted molar refractivity (Wildman–Crippen MR) is 95.6 cm³/mol. The van der Waals surface area contributed by atoms with E-state index in [-0.39, 0.29) is 17.1 Å². The molecular weight excluding hydrogens is 599 g/mol. The zero-order valence-corrected chi connectivity index (χ0v) is 18.4. The molecule has 0 amide bonds. The van der Waals surface area contributed by atoms with E-state index in [4.69, 9.17) is 19.1 Å². The summed E-state index contributed by atoms with van der Waals surface area (Å²) < 4.78 is 161. The smallest absolute Gasteiger partial charge is 0.465 e. The van der Waals surface area contributed by atoms with Gasteiger partial charge < -0.3 is 73.8 Å². The van der Waals surface area contributed by atoms with E-state index in [1.165, 1.54) is 5.57 Å². The van der Waals surface area contributed by atoms with Crippen LogP contribution in [0.15, 0.2) is 23.5 Å². The molecule has 0 aromatic rings. The summed E-state index contributed by atoms with van der Waals surface area (Å²) in [4.78, 5) is 22.5. The zero-order chi connectivity index (χ0) is 30.7. The van der Waals surface area contributed by atoms with Crippen molar-refractivity contribution in [2.24, 2.45) is 0 Å². The summed E-state index contributed by atoms with van der Waals surface area (Å²) in [6.45, 7) is 15.6. The molecule has 0 saturated heterocycles. The summed E-state index contributed by atoms with van der Waals surface area (Å²) in [5.41, 5.74) is 1.39. The second-order valence-electron chi connectivity index (χ2n) is 4.17. The van der Waals surface area contributed by atoms with E-state index in [9.17, 15) is 69.1 Å². The van der Waals surface area contributed by atoms with Crippen LogP contribution in [0.3, 0.4) is 0 Å². The Morgan fingerprint density at radius 2 is 0.806 bits per heavy atom. The van der Waals surface area contributed by atoms with E-state index >= 15 is 0 Å². The monoisotopic (exact) mass is 611 g/mol. The van der Waals surface area contributed by atoms with Crippen molar-refractivity contribution in [3.05, 3.63) is 29.9 Å². The van der Waals surface area contributed by atoms with Gasteiger partial charge in [0.15, 0.2) is 0 Å². The van der Waals surface area contributed by atoms with Gasteiger partial charge in [-0.3, -0.25) is 14.4 Å². The molecule has 1 rings (SSSR count). The second-order valence-corrected chi connectivity index (χ2v) is 4.17. The van der Waals surface area contributed by atoms with Gasteiger partial charge in [0.2, 0.25) is 0 Å². The number of halogens is 16. The van der Waals surface area contributed by atoms with Gasteiger partial charge in [-0.25, -0.2) is 0 Å². The minimum atomic E-state index is -6.00. The molecule has 4 nitrogen and oxygen atoms in total. The largest absolute Gasteiger partial charge is 3.00 e. The average molecular weight is 610 g/mol. The minimum absolute atomic E-state index is 0. The molecule has 7 radical (unpaired) electrons. The first-order chi connectivity index (χ1) is 15.3. The van der Waals surface area contributed by atoms with Crippen molar-refractivity contribution in [1.82, 2.24) is 0 Å². The number of rotatable bonds is 1. The first-order valence-corrected chi connectivity index (χ1v) is 7.18. The van der Waals surface area contributed by atoms with Crippen LogP contribution < -0.4 is 0 Å². The van der Waals surface area contributed by atoms with Gasteiger partial charge in [-0.05, 0) is 12.5 Å². The second kappa shape index (κ2) is 30.8. The van der Waals surface area contributed by atoms with E-state index in [0.29, 0.717) is 0 Å². The van der Waals surface area contributed by atoms with Crippen molar-refractivity contribution in [2.45, 2.75) is 13.3 Å². The summed E-state index contributed by atoms with van der Waals surface area (Å²) in [7, 11) is -22.3. The molecule has 1 aliphatic rings. The van der Waals surface area contributed by atoms with Gasteiger partial charge in [0.1, 0.15) is 6.08 Å². The van der Waals surface area contributed by atoms with Crippen molar-refractivity contribution >= 4 is 49.4 Å². The molecule has 0 atom stereocenters. The van der Waals surface area contributed by atoms with Crippen molar-refractivity contribution < 1.29 is 105 Å². The van der Waals surface area contributed by atoms with E-state index in [0.717, 1.165) is 12.2 Å². The third-order valence-electron chi connectivity index (χ3n) is 1.39. The number of carbonyl (C=O) groups excluding carboxylic acids is 3. The zero-order valence-electron chi connectivity index (χ0n) is 17.3. The first-order valence-electron chi connectivity index (χ1n) is 7.18. The van der Waals surface area contributed by atoms with Crippen molar-refractivity contribution in [1.29, 1.82) is 0 Å². The van der Waals surface area contributed by atoms with Gasteiger partial charge in [-0.15, -0.1) is 0 Å².